The van der Waals surface area contributed by atoms with Crippen molar-refractivity contribution in [2.24, 2.45) is 0 Å². The molecule has 3 aromatic rings. The van der Waals surface area contributed by atoms with E-state index >= 15 is 0 Å². The van der Waals surface area contributed by atoms with Crippen molar-refractivity contribution in [3.8, 4) is 23.1 Å². The highest BCUT2D eigenvalue weighted by Crippen LogP contribution is 2.32. The minimum Gasteiger partial charge on any atom is -0.497 e. The average molecular weight is 413 g/mol. The van der Waals surface area contributed by atoms with E-state index in [0.29, 0.717) is 38.6 Å². The van der Waals surface area contributed by atoms with Crippen molar-refractivity contribution in [2.45, 2.75) is 0 Å². The van der Waals surface area contributed by atoms with Gasteiger partial charge < -0.3 is 14.5 Å². The van der Waals surface area contributed by atoms with E-state index in [-0.39, 0.29) is 5.57 Å². The molecular formula is C21H14Cl2N2O3. The maximum Gasteiger partial charge on any atom is 0.266 e. The summed E-state index contributed by atoms with van der Waals surface area (Å²) >= 11 is 12.2. The SMILES string of the molecule is COc1ccc(NC(=O)/C(C#N)=C/c2ccc(-c3cc(Cl)ccc3Cl)o2)cc1. The smallest absolute Gasteiger partial charge is 0.266 e. The van der Waals surface area contributed by atoms with E-state index in [0.717, 1.165) is 0 Å². The average Bonchev–Trinajstić information content (AvgIpc) is 3.17. The molecule has 0 radical (unpaired) electrons. The van der Waals surface area contributed by atoms with Crippen LogP contribution in [0.5, 0.6) is 5.75 Å². The number of nitrogens with one attached hydrogen (secondary N) is 1. The van der Waals surface area contributed by atoms with Gasteiger partial charge in [-0.05, 0) is 54.6 Å². The molecule has 0 saturated heterocycles. The van der Waals surface area contributed by atoms with Crippen LogP contribution in [0.15, 0.2) is 64.6 Å². The van der Waals surface area contributed by atoms with Gasteiger partial charge in [-0.2, -0.15) is 5.26 Å². The van der Waals surface area contributed by atoms with Gasteiger partial charge in [-0.1, -0.05) is 23.2 Å². The standard InChI is InChI=1S/C21H14Cl2N2O3/c1-27-16-5-3-15(4-6-16)25-21(26)13(12-24)10-17-7-9-20(28-17)18-11-14(22)2-8-19(18)23/h2-11H,1H3,(H,25,26)/b13-10+. The molecule has 0 fully saturated rings. The van der Waals surface area contributed by atoms with E-state index < -0.39 is 5.91 Å². The molecule has 0 saturated carbocycles. The number of benzene rings is 2. The van der Waals surface area contributed by atoms with Gasteiger partial charge in [-0.3, -0.25) is 4.79 Å². The summed E-state index contributed by atoms with van der Waals surface area (Å²) in [5, 5.41) is 13.0. The number of nitriles is 1. The van der Waals surface area contributed by atoms with Gasteiger partial charge in [0.25, 0.3) is 5.91 Å². The molecule has 1 N–H and O–H groups in total. The maximum absolute atomic E-state index is 12.4. The van der Waals surface area contributed by atoms with E-state index in [1.807, 2.05) is 6.07 Å². The number of methoxy groups -OCH3 is 1. The van der Waals surface area contributed by atoms with Gasteiger partial charge in [0.2, 0.25) is 0 Å². The highest BCUT2D eigenvalue weighted by atomic mass is 35.5. The van der Waals surface area contributed by atoms with Crippen molar-refractivity contribution in [3.05, 3.63) is 76.0 Å². The Morgan fingerprint density at radius 1 is 1.14 bits per heavy atom. The van der Waals surface area contributed by atoms with Crippen LogP contribution in [-0.4, -0.2) is 13.0 Å². The molecular weight excluding hydrogens is 399 g/mol. The third-order valence-electron chi connectivity index (χ3n) is 3.82. The molecule has 0 aliphatic carbocycles. The van der Waals surface area contributed by atoms with Crippen LogP contribution in [-0.2, 0) is 4.79 Å². The zero-order valence-corrected chi connectivity index (χ0v) is 16.2. The Morgan fingerprint density at radius 2 is 1.89 bits per heavy atom. The van der Waals surface area contributed by atoms with Gasteiger partial charge in [0.05, 0.1) is 12.1 Å². The number of amides is 1. The number of nitrogens with zero attached hydrogens (tertiary/aromatic N) is 1. The van der Waals surface area contributed by atoms with Crippen molar-refractivity contribution in [1.29, 1.82) is 5.26 Å². The summed E-state index contributed by atoms with van der Waals surface area (Å²) in [4.78, 5) is 12.4. The van der Waals surface area contributed by atoms with Crippen molar-refractivity contribution in [2.75, 3.05) is 12.4 Å². The number of carbonyl (C=O) groups is 1. The van der Waals surface area contributed by atoms with Gasteiger partial charge in [-0.15, -0.1) is 0 Å². The molecule has 2 aromatic carbocycles. The fourth-order valence-electron chi connectivity index (χ4n) is 2.43. The first kappa shape index (κ1) is 19.6. The van der Waals surface area contributed by atoms with Crippen LogP contribution in [0.2, 0.25) is 10.0 Å². The van der Waals surface area contributed by atoms with Gasteiger partial charge >= 0.3 is 0 Å². The summed E-state index contributed by atoms with van der Waals surface area (Å²) in [6, 6.07) is 17.0. The molecule has 0 aliphatic heterocycles. The van der Waals surface area contributed by atoms with E-state index in [4.69, 9.17) is 32.4 Å². The molecule has 1 aromatic heterocycles. The molecule has 3 rings (SSSR count). The molecule has 0 atom stereocenters. The Bertz CT molecular complexity index is 1080. The van der Waals surface area contributed by atoms with E-state index in [1.54, 1.807) is 61.7 Å². The first-order chi connectivity index (χ1) is 13.5. The van der Waals surface area contributed by atoms with E-state index in [1.165, 1.54) is 6.08 Å². The van der Waals surface area contributed by atoms with Gasteiger partial charge in [-0.25, -0.2) is 0 Å². The second-order valence-electron chi connectivity index (χ2n) is 5.68. The van der Waals surface area contributed by atoms with Crippen molar-refractivity contribution >= 4 is 40.9 Å². The summed E-state index contributed by atoms with van der Waals surface area (Å²) in [6.45, 7) is 0. The van der Waals surface area contributed by atoms with Crippen LogP contribution in [0, 0.1) is 11.3 Å². The molecule has 0 unspecified atom stereocenters. The number of carbonyl (C=O) groups excluding carboxylic acids is 1. The normalized spacial score (nSPS) is 11.0. The van der Waals surface area contributed by atoms with Crippen molar-refractivity contribution < 1.29 is 13.9 Å². The second-order valence-corrected chi connectivity index (χ2v) is 6.52. The summed E-state index contributed by atoms with van der Waals surface area (Å²) in [6.07, 6.45) is 1.36. The fraction of sp³-hybridized carbons (Fsp3) is 0.0476. The number of halogens is 2. The lowest BCUT2D eigenvalue weighted by Gasteiger charge is -2.05. The molecule has 7 heteroatoms. The first-order valence-electron chi connectivity index (χ1n) is 8.12. The molecule has 1 amide bonds. The highest BCUT2D eigenvalue weighted by Gasteiger charge is 2.13. The van der Waals surface area contributed by atoms with Gasteiger partial charge in [0.1, 0.15) is 28.9 Å². The van der Waals surface area contributed by atoms with E-state index in [9.17, 15) is 10.1 Å². The maximum atomic E-state index is 12.4. The number of ether oxygens (including phenoxy) is 1. The molecule has 0 bridgehead atoms. The molecule has 28 heavy (non-hydrogen) atoms. The minimum absolute atomic E-state index is 0.103. The molecule has 140 valence electrons. The minimum atomic E-state index is -0.550. The monoisotopic (exact) mass is 412 g/mol. The fourth-order valence-corrected chi connectivity index (χ4v) is 2.81. The Hall–Kier alpha value is -3.20. The Kier molecular flexibility index (Phi) is 6.05. The van der Waals surface area contributed by atoms with Crippen LogP contribution < -0.4 is 10.1 Å². The van der Waals surface area contributed by atoms with Crippen LogP contribution in [0.1, 0.15) is 5.76 Å². The summed E-state index contributed by atoms with van der Waals surface area (Å²) < 4.78 is 10.8. The van der Waals surface area contributed by atoms with E-state index in [2.05, 4.69) is 5.32 Å². The first-order valence-corrected chi connectivity index (χ1v) is 8.88. The Morgan fingerprint density at radius 3 is 2.57 bits per heavy atom. The van der Waals surface area contributed by atoms with Crippen molar-refractivity contribution in [1.82, 2.24) is 0 Å². The molecule has 1 heterocycles. The van der Waals surface area contributed by atoms with Crippen molar-refractivity contribution in [3.63, 3.8) is 0 Å². The van der Waals surface area contributed by atoms with Crippen LogP contribution in [0.4, 0.5) is 5.69 Å². The Labute approximate surface area is 171 Å². The molecule has 0 aliphatic rings. The zero-order valence-electron chi connectivity index (χ0n) is 14.7. The Balaban J connectivity index is 1.80. The lowest BCUT2D eigenvalue weighted by molar-refractivity contribution is -0.112. The van der Waals surface area contributed by atoms with Crippen LogP contribution >= 0.6 is 23.2 Å². The summed E-state index contributed by atoms with van der Waals surface area (Å²) in [7, 11) is 1.55. The summed E-state index contributed by atoms with van der Waals surface area (Å²) in [5.41, 5.74) is 1.06. The topological polar surface area (TPSA) is 75.3 Å². The lowest BCUT2D eigenvalue weighted by Crippen LogP contribution is -2.13. The van der Waals surface area contributed by atoms with Crippen LogP contribution in [0.3, 0.4) is 0 Å². The van der Waals surface area contributed by atoms with Gasteiger partial charge in [0, 0.05) is 22.3 Å². The third-order valence-corrected chi connectivity index (χ3v) is 4.38. The second kappa shape index (κ2) is 8.66. The number of anilines is 1. The number of hydrogen-bond acceptors (Lipinski definition) is 4. The van der Waals surface area contributed by atoms with Crippen LogP contribution in [0.25, 0.3) is 17.4 Å². The quantitative estimate of drug-likeness (QED) is 0.423. The number of furan rings is 1. The summed E-state index contributed by atoms with van der Waals surface area (Å²) in [5.74, 6) is 0.933. The predicted molar refractivity (Wildman–Crippen MR) is 109 cm³/mol. The molecule has 5 nitrogen and oxygen atoms in total. The number of rotatable bonds is 5. The molecule has 0 spiro atoms. The third kappa shape index (κ3) is 4.55. The zero-order chi connectivity index (χ0) is 20.1. The highest BCUT2D eigenvalue weighted by molar-refractivity contribution is 6.35. The predicted octanol–water partition coefficient (Wildman–Crippen LogP) is 5.81. The lowest BCUT2D eigenvalue weighted by atomic mass is 10.2. The van der Waals surface area contributed by atoms with Gasteiger partial charge in [0.15, 0.2) is 0 Å². The number of hydrogen-bond donors (Lipinski definition) is 1. The largest absolute Gasteiger partial charge is 0.497 e.